The number of fused-ring (bicyclic) bond motifs is 1. The molecule has 1 aromatic rings. The minimum absolute atomic E-state index is 0.0368. The Morgan fingerprint density at radius 3 is 2.61 bits per heavy atom. The molecule has 0 aromatic heterocycles. The van der Waals surface area contributed by atoms with Crippen molar-refractivity contribution in [2.45, 2.75) is 25.5 Å². The summed E-state index contributed by atoms with van der Waals surface area (Å²) in [4.78, 5) is 6.44. The van der Waals surface area contributed by atoms with Crippen LogP contribution in [-0.4, -0.2) is 63.3 Å². The number of ether oxygens (including phenoxy) is 2. The van der Waals surface area contributed by atoms with E-state index in [0.717, 1.165) is 24.0 Å². The smallest absolute Gasteiger partial charge is 0.191 e. The second-order valence-corrected chi connectivity index (χ2v) is 6.51. The number of rotatable bonds is 5. The van der Waals surface area contributed by atoms with Gasteiger partial charge >= 0.3 is 0 Å². The van der Waals surface area contributed by atoms with Crippen molar-refractivity contribution in [3.05, 3.63) is 24.3 Å². The zero-order chi connectivity index (χ0) is 16.9. The maximum atomic E-state index is 5.93. The standard InChI is InChI=1S/C17H28N4O2/c1-17(2,21(4)5)12-20-16(18-3)19-10-13-11-22-14-8-6-7-9-15(14)23-13/h6-9,13H,10-12H2,1-5H3,(H2,18,19,20). The van der Waals surface area contributed by atoms with Crippen LogP contribution >= 0.6 is 0 Å². The number of hydrogen-bond acceptors (Lipinski definition) is 4. The van der Waals surface area contributed by atoms with E-state index in [-0.39, 0.29) is 11.6 Å². The van der Waals surface area contributed by atoms with Crippen LogP contribution in [0.2, 0.25) is 0 Å². The first kappa shape index (κ1) is 17.4. The van der Waals surface area contributed by atoms with E-state index < -0.39 is 0 Å². The predicted octanol–water partition coefficient (Wildman–Crippen LogP) is 1.33. The number of nitrogens with zero attached hydrogens (tertiary/aromatic N) is 2. The van der Waals surface area contributed by atoms with Crippen molar-refractivity contribution in [2.24, 2.45) is 4.99 Å². The van der Waals surface area contributed by atoms with Gasteiger partial charge in [0.2, 0.25) is 0 Å². The largest absolute Gasteiger partial charge is 0.486 e. The third kappa shape index (κ3) is 4.76. The Balaban J connectivity index is 1.81. The SMILES string of the molecule is CN=C(NCC1COc2ccccc2O1)NCC(C)(C)N(C)C. The highest BCUT2D eigenvalue weighted by Gasteiger charge is 2.22. The summed E-state index contributed by atoms with van der Waals surface area (Å²) in [6.45, 7) is 6.33. The highest BCUT2D eigenvalue weighted by Crippen LogP contribution is 2.30. The van der Waals surface area contributed by atoms with Crippen molar-refractivity contribution in [3.63, 3.8) is 0 Å². The molecule has 1 aliphatic heterocycles. The second kappa shape index (κ2) is 7.55. The number of hydrogen-bond donors (Lipinski definition) is 2. The fraction of sp³-hybridized carbons (Fsp3) is 0.588. The first-order chi connectivity index (χ1) is 10.9. The van der Waals surface area contributed by atoms with E-state index in [4.69, 9.17) is 9.47 Å². The zero-order valence-electron chi connectivity index (χ0n) is 14.7. The van der Waals surface area contributed by atoms with Crippen molar-refractivity contribution < 1.29 is 9.47 Å². The molecule has 0 saturated carbocycles. The van der Waals surface area contributed by atoms with E-state index in [1.165, 1.54) is 0 Å². The second-order valence-electron chi connectivity index (χ2n) is 6.51. The van der Waals surface area contributed by atoms with E-state index in [0.29, 0.717) is 13.2 Å². The van der Waals surface area contributed by atoms with Crippen LogP contribution in [0.25, 0.3) is 0 Å². The van der Waals surface area contributed by atoms with Crippen LogP contribution in [0.15, 0.2) is 29.3 Å². The monoisotopic (exact) mass is 320 g/mol. The lowest BCUT2D eigenvalue weighted by Crippen LogP contribution is -2.52. The van der Waals surface area contributed by atoms with E-state index in [1.54, 1.807) is 7.05 Å². The lowest BCUT2D eigenvalue weighted by Gasteiger charge is -2.33. The first-order valence-electron chi connectivity index (χ1n) is 7.93. The average Bonchev–Trinajstić information content (AvgIpc) is 2.54. The molecule has 0 amide bonds. The Morgan fingerprint density at radius 2 is 1.96 bits per heavy atom. The van der Waals surface area contributed by atoms with Crippen LogP contribution in [0.4, 0.5) is 0 Å². The summed E-state index contributed by atoms with van der Waals surface area (Å²) >= 11 is 0. The molecule has 0 spiro atoms. The van der Waals surface area contributed by atoms with Gasteiger partial charge in [0, 0.05) is 19.1 Å². The van der Waals surface area contributed by atoms with Gasteiger partial charge in [-0.05, 0) is 40.1 Å². The minimum Gasteiger partial charge on any atom is -0.486 e. The molecule has 0 radical (unpaired) electrons. The minimum atomic E-state index is -0.0368. The molecule has 0 fully saturated rings. The van der Waals surface area contributed by atoms with Crippen LogP contribution in [0.3, 0.4) is 0 Å². The molecule has 0 bridgehead atoms. The van der Waals surface area contributed by atoms with Gasteiger partial charge in [0.1, 0.15) is 12.7 Å². The van der Waals surface area contributed by atoms with Gasteiger partial charge in [-0.2, -0.15) is 0 Å². The average molecular weight is 320 g/mol. The summed E-state index contributed by atoms with van der Waals surface area (Å²) < 4.78 is 11.6. The van der Waals surface area contributed by atoms with E-state index >= 15 is 0 Å². The van der Waals surface area contributed by atoms with Crippen LogP contribution in [-0.2, 0) is 0 Å². The fourth-order valence-electron chi connectivity index (χ4n) is 2.05. The lowest BCUT2D eigenvalue weighted by molar-refractivity contribution is 0.0935. The maximum absolute atomic E-state index is 5.93. The third-order valence-electron chi connectivity index (χ3n) is 4.19. The number of para-hydroxylation sites is 2. The molecule has 2 N–H and O–H groups in total. The van der Waals surface area contributed by atoms with Gasteiger partial charge < -0.3 is 25.0 Å². The molecular weight excluding hydrogens is 292 g/mol. The van der Waals surface area contributed by atoms with Crippen molar-refractivity contribution in [1.82, 2.24) is 15.5 Å². The molecule has 1 aromatic carbocycles. The fourth-order valence-corrected chi connectivity index (χ4v) is 2.05. The Morgan fingerprint density at radius 1 is 1.26 bits per heavy atom. The molecule has 1 aliphatic rings. The number of nitrogens with one attached hydrogen (secondary N) is 2. The van der Waals surface area contributed by atoms with Crippen LogP contribution < -0.4 is 20.1 Å². The summed E-state index contributed by atoms with van der Waals surface area (Å²) in [5.41, 5.74) is 0.0427. The Hall–Kier alpha value is -1.95. The van der Waals surface area contributed by atoms with Crippen molar-refractivity contribution in [3.8, 4) is 11.5 Å². The number of benzene rings is 1. The summed E-state index contributed by atoms with van der Waals surface area (Å²) in [5, 5.41) is 6.65. The quantitative estimate of drug-likeness (QED) is 0.633. The normalized spacial score (nSPS) is 18.0. The summed E-state index contributed by atoms with van der Waals surface area (Å²) in [7, 11) is 5.91. The molecule has 1 atom stereocenters. The summed E-state index contributed by atoms with van der Waals surface area (Å²) in [6, 6.07) is 7.73. The Bertz CT molecular complexity index is 543. The Kier molecular flexibility index (Phi) is 5.71. The lowest BCUT2D eigenvalue weighted by atomic mass is 10.0. The maximum Gasteiger partial charge on any atom is 0.191 e. The molecule has 6 heteroatoms. The summed E-state index contributed by atoms with van der Waals surface area (Å²) in [5.74, 6) is 2.36. The van der Waals surface area contributed by atoms with E-state index in [9.17, 15) is 0 Å². The van der Waals surface area contributed by atoms with Gasteiger partial charge in [-0.15, -0.1) is 0 Å². The highest BCUT2D eigenvalue weighted by atomic mass is 16.6. The molecule has 1 heterocycles. The molecule has 23 heavy (non-hydrogen) atoms. The van der Waals surface area contributed by atoms with Crippen LogP contribution in [0.1, 0.15) is 13.8 Å². The predicted molar refractivity (Wildman–Crippen MR) is 93.5 cm³/mol. The van der Waals surface area contributed by atoms with Gasteiger partial charge in [-0.25, -0.2) is 0 Å². The topological polar surface area (TPSA) is 58.1 Å². The number of aliphatic imine (C=N–C) groups is 1. The van der Waals surface area contributed by atoms with Gasteiger partial charge in [0.05, 0.1) is 6.54 Å². The molecule has 2 rings (SSSR count). The van der Waals surface area contributed by atoms with Crippen molar-refractivity contribution in [2.75, 3.05) is 40.8 Å². The first-order valence-corrected chi connectivity index (χ1v) is 7.93. The van der Waals surface area contributed by atoms with Gasteiger partial charge in [-0.1, -0.05) is 12.1 Å². The third-order valence-corrected chi connectivity index (χ3v) is 4.19. The van der Waals surface area contributed by atoms with Crippen molar-refractivity contribution in [1.29, 1.82) is 0 Å². The van der Waals surface area contributed by atoms with Gasteiger partial charge in [0.15, 0.2) is 17.5 Å². The number of guanidine groups is 1. The van der Waals surface area contributed by atoms with Crippen LogP contribution in [0.5, 0.6) is 11.5 Å². The molecular formula is C17H28N4O2. The highest BCUT2D eigenvalue weighted by molar-refractivity contribution is 5.79. The Labute approximate surface area is 138 Å². The number of likely N-dealkylation sites (N-methyl/N-ethyl adjacent to an activating group) is 1. The molecule has 0 saturated heterocycles. The van der Waals surface area contributed by atoms with Gasteiger partial charge in [-0.3, -0.25) is 4.99 Å². The molecule has 1 unspecified atom stereocenters. The molecule has 0 aliphatic carbocycles. The van der Waals surface area contributed by atoms with Crippen molar-refractivity contribution >= 4 is 5.96 Å². The zero-order valence-corrected chi connectivity index (χ0v) is 14.7. The van der Waals surface area contributed by atoms with E-state index in [1.807, 2.05) is 24.3 Å². The summed E-state index contributed by atoms with van der Waals surface area (Å²) in [6.07, 6.45) is -0.0368. The van der Waals surface area contributed by atoms with E-state index in [2.05, 4.69) is 48.5 Å². The van der Waals surface area contributed by atoms with Crippen LogP contribution in [0, 0.1) is 0 Å². The molecule has 128 valence electrons. The van der Waals surface area contributed by atoms with Gasteiger partial charge in [0.25, 0.3) is 0 Å². The molecule has 6 nitrogen and oxygen atoms in total.